The van der Waals surface area contributed by atoms with Gasteiger partial charge in [0.05, 0.1) is 54.0 Å². The number of carbonyl (C=O) groups is 6. The molecule has 5 heterocycles. The number of para-hydroxylation sites is 1. The zero-order valence-electron chi connectivity index (χ0n) is 48.3. The van der Waals surface area contributed by atoms with Gasteiger partial charge < -0.3 is 55.3 Å². The smallest absolute Gasteiger partial charge is 0.457 e. The van der Waals surface area contributed by atoms with Gasteiger partial charge in [0, 0.05) is 73.1 Å². The van der Waals surface area contributed by atoms with Crippen LogP contribution in [0.4, 0.5) is 10.5 Å². The summed E-state index contributed by atoms with van der Waals surface area (Å²) in [5.41, 5.74) is 8.09. The molecule has 0 spiro atoms. The fourth-order valence-corrected chi connectivity index (χ4v) is 11.3. The molecule has 2 aromatic carbocycles. The number of pyridine rings is 2. The molecule has 5 aromatic rings. The molecule has 26 heteroatoms. The number of hydrogen-bond donors (Lipinski definition) is 5. The van der Waals surface area contributed by atoms with Crippen molar-refractivity contribution in [2.24, 2.45) is 5.73 Å². The van der Waals surface area contributed by atoms with E-state index in [9.17, 15) is 42.0 Å². The number of anilines is 1. The van der Waals surface area contributed by atoms with E-state index >= 15 is 0 Å². The standard InChI is InChI=1S/C59H72N10O14S2/c1-6-59(46-30-49-53-44(33-68(49)55(74)45(46)35-81-56(59)75)42(43-15-10-11-16-47(43)67-53)23-27-69(38(2)3)85(5,77)78)83-58(76)82-34-39-19-21-41(22-20-39)65-54(73)48(17-12-13-24-60)66-52(72)37-80-36-51(71)62-26-29-79-28-25-61-50(70)18-9-7-8-14-40-31-63-57(84-4)64-32-40/h10-11,15-16,19-22,30-32,38,48H,6-7,9,12-13,17-18,23-29,33-37,60H2,1-5H3,(H,61,70)(H,62,71)(H,65,73)(H,66,72)/t48-,59-/m0/s1. The molecule has 0 saturated heterocycles. The van der Waals surface area contributed by atoms with Gasteiger partial charge in [-0.1, -0.05) is 60.9 Å². The van der Waals surface area contributed by atoms with Gasteiger partial charge in [-0.2, -0.15) is 4.31 Å². The van der Waals surface area contributed by atoms with Crippen molar-refractivity contribution in [1.82, 2.24) is 39.8 Å². The van der Waals surface area contributed by atoms with Crippen molar-refractivity contribution in [3.05, 3.63) is 111 Å². The highest BCUT2D eigenvalue weighted by atomic mass is 32.2. The first-order valence-electron chi connectivity index (χ1n) is 28.0. The van der Waals surface area contributed by atoms with Crippen molar-refractivity contribution >= 4 is 74.1 Å². The normalized spacial score (nSPS) is 14.5. The van der Waals surface area contributed by atoms with Gasteiger partial charge in [0.25, 0.3) is 5.56 Å². The summed E-state index contributed by atoms with van der Waals surface area (Å²) in [5, 5.41) is 12.3. The van der Waals surface area contributed by atoms with E-state index < -0.39 is 70.3 Å². The molecule has 4 amide bonds. The molecule has 0 fully saturated rings. The summed E-state index contributed by atoms with van der Waals surface area (Å²) in [6.45, 7) is 5.24. The van der Waals surface area contributed by atoms with Gasteiger partial charge >= 0.3 is 12.1 Å². The van der Waals surface area contributed by atoms with Crippen LogP contribution in [-0.2, 0) is 89.5 Å². The summed E-state index contributed by atoms with van der Waals surface area (Å²) in [7, 11) is -3.53. The average Bonchev–Trinajstić information content (AvgIpc) is 1.78. The number of carbonyl (C=O) groups excluding carboxylic acids is 6. The molecule has 0 saturated carbocycles. The second-order valence-electron chi connectivity index (χ2n) is 20.4. The monoisotopic (exact) mass is 1210 g/mol. The van der Waals surface area contributed by atoms with Gasteiger partial charge in [-0.05, 0) is 101 Å². The maximum atomic E-state index is 14.4. The van der Waals surface area contributed by atoms with E-state index in [1.165, 1.54) is 22.3 Å². The summed E-state index contributed by atoms with van der Waals surface area (Å²) < 4.78 is 56.1. The minimum atomic E-state index is -3.53. The number of thioether (sulfide) groups is 1. The first-order valence-corrected chi connectivity index (χ1v) is 31.0. The van der Waals surface area contributed by atoms with Crippen molar-refractivity contribution in [2.45, 2.75) is 115 Å². The predicted octanol–water partition coefficient (Wildman–Crippen LogP) is 4.21. The van der Waals surface area contributed by atoms with Gasteiger partial charge in [0.15, 0.2) is 5.16 Å². The van der Waals surface area contributed by atoms with Gasteiger partial charge in [-0.3, -0.25) is 24.0 Å². The van der Waals surface area contributed by atoms with Gasteiger partial charge in [0.1, 0.15) is 32.5 Å². The highest BCUT2D eigenvalue weighted by molar-refractivity contribution is 7.98. The Morgan fingerprint density at radius 2 is 1.65 bits per heavy atom. The lowest BCUT2D eigenvalue weighted by Gasteiger charge is -2.35. The lowest BCUT2D eigenvalue weighted by atomic mass is 9.85. The zero-order valence-corrected chi connectivity index (χ0v) is 49.9. The number of fused-ring (bicyclic) bond motifs is 5. The maximum Gasteiger partial charge on any atom is 0.510 e. The lowest BCUT2D eigenvalue weighted by molar-refractivity contribution is -0.175. The van der Waals surface area contributed by atoms with Crippen molar-refractivity contribution in [3.63, 3.8) is 0 Å². The van der Waals surface area contributed by atoms with E-state index in [0.29, 0.717) is 90.5 Å². The van der Waals surface area contributed by atoms with E-state index in [0.717, 1.165) is 16.5 Å². The number of aromatic nitrogens is 4. The highest BCUT2D eigenvalue weighted by Gasteiger charge is 2.51. The quantitative estimate of drug-likeness (QED) is 0.0139. The number of sulfonamides is 1. The topological polar surface area (TPSA) is 321 Å². The van der Waals surface area contributed by atoms with Crippen LogP contribution in [0.3, 0.4) is 0 Å². The van der Waals surface area contributed by atoms with Crippen molar-refractivity contribution in [3.8, 4) is 23.2 Å². The van der Waals surface area contributed by atoms with Crippen LogP contribution in [0.5, 0.6) is 0 Å². The predicted molar refractivity (Wildman–Crippen MR) is 316 cm³/mol. The molecule has 2 aliphatic heterocycles. The van der Waals surface area contributed by atoms with Gasteiger partial charge in [-0.15, -0.1) is 0 Å². The first-order chi connectivity index (χ1) is 40.8. The number of esters is 1. The van der Waals surface area contributed by atoms with E-state index in [4.69, 9.17) is 34.4 Å². The van der Waals surface area contributed by atoms with Crippen LogP contribution in [0.25, 0.3) is 22.3 Å². The molecule has 0 radical (unpaired) electrons. The number of benzene rings is 2. The number of amides is 4. The number of hydrogen-bond acceptors (Lipinski definition) is 19. The molecule has 454 valence electrons. The van der Waals surface area contributed by atoms with Crippen LogP contribution < -0.4 is 32.6 Å². The third-order valence-corrected chi connectivity index (χ3v) is 16.1. The van der Waals surface area contributed by atoms with Gasteiger partial charge in [-0.25, -0.2) is 33.0 Å². The second-order valence-corrected chi connectivity index (χ2v) is 23.1. The fourth-order valence-electron chi connectivity index (χ4n) is 9.80. The highest BCUT2D eigenvalue weighted by Crippen LogP contribution is 2.42. The number of unbranched alkanes of at least 4 members (excludes halogenated alkanes) is 2. The van der Waals surface area contributed by atoms with Gasteiger partial charge in [0.2, 0.25) is 39.3 Å². The molecule has 0 aliphatic carbocycles. The third-order valence-electron chi connectivity index (χ3n) is 14.1. The van der Waals surface area contributed by atoms with Crippen molar-refractivity contribution in [2.75, 3.05) is 70.4 Å². The number of rotatable bonds is 30. The SMILES string of the molecule is CC[C@@]1(OC(=O)OCc2ccc(NC(=O)[C@H](CCCCN)NC(=O)COCC(=O)NCCOCCNC(=O)CCCC#Cc3cnc(SC)nc3)cc2)C(=O)OCc2c1cc1n(c2=O)Cc2c-1nc1ccccc1c2CCN(C(C)C)S(C)(=O)=O. The number of nitrogens with zero attached hydrogens (tertiary/aromatic N) is 5. The minimum absolute atomic E-state index is 0.113. The molecule has 2 atom stereocenters. The summed E-state index contributed by atoms with van der Waals surface area (Å²) in [4.78, 5) is 106. The number of cyclic esters (lactones) is 1. The van der Waals surface area contributed by atoms with Crippen molar-refractivity contribution < 1.29 is 60.9 Å². The maximum absolute atomic E-state index is 14.4. The Balaban J connectivity index is 0.858. The van der Waals surface area contributed by atoms with E-state index in [1.807, 2.05) is 44.4 Å². The Bertz CT molecular complexity index is 3460. The molecule has 24 nitrogen and oxygen atoms in total. The Morgan fingerprint density at radius 1 is 0.929 bits per heavy atom. The largest absolute Gasteiger partial charge is 0.510 e. The van der Waals surface area contributed by atoms with Crippen LogP contribution in [0.15, 0.2) is 76.9 Å². The number of nitrogens with one attached hydrogen (secondary N) is 4. The molecule has 6 N–H and O–H groups in total. The Hall–Kier alpha value is -7.80. The molecular weight excluding hydrogens is 1140 g/mol. The van der Waals surface area contributed by atoms with Crippen LogP contribution >= 0.6 is 11.8 Å². The summed E-state index contributed by atoms with van der Waals surface area (Å²) in [6.07, 6.45) is 8.26. The average molecular weight is 1210 g/mol. The van der Waals surface area contributed by atoms with Crippen LogP contribution in [0, 0.1) is 11.8 Å². The number of nitrogens with two attached hydrogens (primary N) is 1. The van der Waals surface area contributed by atoms with E-state index in [-0.39, 0.29) is 82.0 Å². The fraction of sp³-hybridized carbons (Fsp3) is 0.458. The Morgan fingerprint density at radius 3 is 2.34 bits per heavy atom. The first kappa shape index (κ1) is 64.8. The molecule has 0 bridgehead atoms. The van der Waals surface area contributed by atoms with Crippen LogP contribution in [0.1, 0.15) is 99.1 Å². The van der Waals surface area contributed by atoms with Crippen LogP contribution in [0.2, 0.25) is 0 Å². The molecule has 2 aliphatic rings. The summed E-state index contributed by atoms with van der Waals surface area (Å²) in [6, 6.07) is 14.1. The molecule has 3 aromatic heterocycles. The summed E-state index contributed by atoms with van der Waals surface area (Å²) in [5.74, 6) is 3.36. The summed E-state index contributed by atoms with van der Waals surface area (Å²) >= 11 is 1.45. The van der Waals surface area contributed by atoms with Crippen LogP contribution in [-0.4, -0.2) is 145 Å². The lowest BCUT2D eigenvalue weighted by Crippen LogP contribution is -2.47. The zero-order chi connectivity index (χ0) is 61.1. The van der Waals surface area contributed by atoms with E-state index in [2.05, 4.69) is 43.1 Å². The Kier molecular flexibility index (Phi) is 23.5. The third kappa shape index (κ3) is 17.4. The Labute approximate surface area is 497 Å². The molecule has 0 unspecified atom stereocenters. The molecular formula is C59H72N10O14S2. The van der Waals surface area contributed by atoms with Crippen molar-refractivity contribution in [1.29, 1.82) is 0 Å². The second kappa shape index (κ2) is 30.8. The number of ether oxygens (including phenoxy) is 5. The minimum Gasteiger partial charge on any atom is -0.457 e. The molecule has 7 rings (SSSR count). The van der Waals surface area contributed by atoms with E-state index in [1.54, 1.807) is 54.2 Å². The molecule has 85 heavy (non-hydrogen) atoms.